The van der Waals surface area contributed by atoms with Crippen LogP contribution >= 0.6 is 0 Å². The van der Waals surface area contributed by atoms with Gasteiger partial charge >= 0.3 is 0 Å². The molecule has 0 atom stereocenters. The fraction of sp³-hybridized carbons (Fsp3) is 0.333. The predicted octanol–water partition coefficient (Wildman–Crippen LogP) is 2.45. The maximum Gasteiger partial charge on any atom is 0.239 e. The smallest absolute Gasteiger partial charge is 0.239 e. The van der Waals surface area contributed by atoms with Crippen LogP contribution in [-0.4, -0.2) is 46.3 Å². The Hall–Kier alpha value is -3.42. The van der Waals surface area contributed by atoms with E-state index >= 15 is 0 Å². The molecule has 0 saturated heterocycles. The van der Waals surface area contributed by atoms with E-state index in [1.807, 2.05) is 53.2 Å². The Morgan fingerprint density at radius 1 is 1.17 bits per heavy atom. The molecule has 0 spiro atoms. The number of nitrogens with zero attached hydrogens (tertiary/aromatic N) is 4. The Kier molecular flexibility index (Phi) is 5.69. The minimum atomic E-state index is -0.0540. The van der Waals surface area contributed by atoms with E-state index in [0.29, 0.717) is 12.6 Å². The van der Waals surface area contributed by atoms with E-state index in [4.69, 9.17) is 4.74 Å². The predicted molar refractivity (Wildman–Crippen MR) is 110 cm³/mol. The summed E-state index contributed by atoms with van der Waals surface area (Å²) in [7, 11) is 1.65. The summed E-state index contributed by atoms with van der Waals surface area (Å²) in [5.41, 5.74) is 2.92. The zero-order chi connectivity index (χ0) is 20.1. The molecule has 0 unspecified atom stereocenters. The fourth-order valence-electron chi connectivity index (χ4n) is 3.18. The monoisotopic (exact) mass is 392 g/mol. The zero-order valence-electron chi connectivity index (χ0n) is 16.3. The van der Waals surface area contributed by atoms with Crippen LogP contribution in [-0.2, 0) is 11.2 Å². The van der Waals surface area contributed by atoms with E-state index in [1.165, 1.54) is 0 Å². The normalized spacial score (nSPS) is 13.1. The Bertz CT molecular complexity index is 965. The Labute approximate surface area is 169 Å². The molecule has 1 aromatic heterocycles. The van der Waals surface area contributed by atoms with Crippen LogP contribution < -0.4 is 15.4 Å². The topological polar surface area (TPSA) is 94.0 Å². The first-order valence-electron chi connectivity index (χ1n) is 9.75. The number of rotatable bonds is 9. The van der Waals surface area contributed by atoms with E-state index in [2.05, 4.69) is 26.2 Å². The number of tetrazole rings is 1. The van der Waals surface area contributed by atoms with Crippen molar-refractivity contribution in [1.82, 2.24) is 25.5 Å². The molecule has 150 valence electrons. The minimum absolute atomic E-state index is 0.0540. The maximum atomic E-state index is 12.1. The van der Waals surface area contributed by atoms with Crippen LogP contribution in [0.3, 0.4) is 0 Å². The third kappa shape index (κ3) is 4.71. The van der Waals surface area contributed by atoms with Gasteiger partial charge in [-0.3, -0.25) is 4.79 Å². The quantitative estimate of drug-likeness (QED) is 0.581. The third-order valence-electron chi connectivity index (χ3n) is 4.89. The van der Waals surface area contributed by atoms with Gasteiger partial charge in [0.05, 0.1) is 19.7 Å². The molecule has 1 aliphatic rings. The number of ether oxygens (including phenoxy) is 1. The SMILES string of the molecule is COc1ccccc1CCNC(=O)CNc1ccc(-c2nnnn2C2CC2)cc1. The van der Waals surface area contributed by atoms with Gasteiger partial charge < -0.3 is 15.4 Å². The number of carbonyl (C=O) groups is 1. The molecule has 8 heteroatoms. The molecule has 1 heterocycles. The van der Waals surface area contributed by atoms with E-state index in [9.17, 15) is 4.79 Å². The molecule has 1 aliphatic carbocycles. The summed E-state index contributed by atoms with van der Waals surface area (Å²) in [4.78, 5) is 12.1. The van der Waals surface area contributed by atoms with Crippen LogP contribution in [0.5, 0.6) is 5.75 Å². The third-order valence-corrected chi connectivity index (χ3v) is 4.89. The molecule has 8 nitrogen and oxygen atoms in total. The first kappa shape index (κ1) is 18.9. The number of hydrogen-bond donors (Lipinski definition) is 2. The second-order valence-electron chi connectivity index (χ2n) is 7.02. The molecule has 2 N–H and O–H groups in total. The lowest BCUT2D eigenvalue weighted by atomic mass is 10.1. The molecular weight excluding hydrogens is 368 g/mol. The van der Waals surface area contributed by atoms with Crippen molar-refractivity contribution in [3.05, 3.63) is 54.1 Å². The van der Waals surface area contributed by atoms with Crippen LogP contribution in [0.25, 0.3) is 11.4 Å². The van der Waals surface area contributed by atoms with E-state index in [0.717, 1.165) is 47.7 Å². The van der Waals surface area contributed by atoms with Crippen molar-refractivity contribution in [2.24, 2.45) is 0 Å². The number of hydrogen-bond acceptors (Lipinski definition) is 6. The Morgan fingerprint density at radius 3 is 2.72 bits per heavy atom. The molecule has 1 fully saturated rings. The summed E-state index contributed by atoms with van der Waals surface area (Å²) in [6.45, 7) is 0.773. The number of methoxy groups -OCH3 is 1. The molecule has 1 saturated carbocycles. The van der Waals surface area contributed by atoms with Crippen molar-refractivity contribution in [1.29, 1.82) is 0 Å². The molecular formula is C21H24N6O2. The molecule has 1 amide bonds. The molecule has 0 bridgehead atoms. The lowest BCUT2D eigenvalue weighted by Crippen LogP contribution is -2.31. The van der Waals surface area contributed by atoms with Crippen LogP contribution in [0.15, 0.2) is 48.5 Å². The molecule has 0 radical (unpaired) electrons. The van der Waals surface area contributed by atoms with Gasteiger partial charge in [-0.2, -0.15) is 0 Å². The van der Waals surface area contributed by atoms with Crippen LogP contribution in [0.4, 0.5) is 5.69 Å². The van der Waals surface area contributed by atoms with E-state index in [-0.39, 0.29) is 12.5 Å². The lowest BCUT2D eigenvalue weighted by molar-refractivity contribution is -0.119. The maximum absolute atomic E-state index is 12.1. The summed E-state index contributed by atoms with van der Waals surface area (Å²) < 4.78 is 7.22. The molecule has 29 heavy (non-hydrogen) atoms. The number of para-hydroxylation sites is 1. The first-order valence-corrected chi connectivity index (χ1v) is 9.75. The van der Waals surface area contributed by atoms with Gasteiger partial charge in [-0.1, -0.05) is 18.2 Å². The van der Waals surface area contributed by atoms with Crippen molar-refractivity contribution in [3.8, 4) is 17.1 Å². The fourth-order valence-corrected chi connectivity index (χ4v) is 3.18. The summed E-state index contributed by atoms with van der Waals surface area (Å²) in [5, 5.41) is 18.1. The first-order chi connectivity index (χ1) is 14.2. The number of amides is 1. The van der Waals surface area contributed by atoms with Gasteiger partial charge in [0.15, 0.2) is 5.82 Å². The highest BCUT2D eigenvalue weighted by Crippen LogP contribution is 2.36. The number of carbonyl (C=O) groups excluding carboxylic acids is 1. The largest absolute Gasteiger partial charge is 0.496 e. The highest BCUT2D eigenvalue weighted by atomic mass is 16.5. The van der Waals surface area contributed by atoms with Gasteiger partial charge in [0.25, 0.3) is 0 Å². The number of anilines is 1. The second-order valence-corrected chi connectivity index (χ2v) is 7.02. The summed E-state index contributed by atoms with van der Waals surface area (Å²) in [6.07, 6.45) is 2.98. The van der Waals surface area contributed by atoms with E-state index in [1.54, 1.807) is 7.11 Å². The van der Waals surface area contributed by atoms with Crippen LogP contribution in [0.2, 0.25) is 0 Å². The second kappa shape index (κ2) is 8.72. The number of aromatic nitrogens is 4. The average molecular weight is 392 g/mol. The highest BCUT2D eigenvalue weighted by Gasteiger charge is 2.28. The van der Waals surface area contributed by atoms with Crippen LogP contribution in [0, 0.1) is 0 Å². The number of benzene rings is 2. The van der Waals surface area contributed by atoms with Crippen molar-refractivity contribution in [3.63, 3.8) is 0 Å². The summed E-state index contributed by atoms with van der Waals surface area (Å²) in [6, 6.07) is 16.1. The molecule has 2 aromatic carbocycles. The summed E-state index contributed by atoms with van der Waals surface area (Å²) in [5.74, 6) is 1.57. The van der Waals surface area contributed by atoms with Crippen molar-refractivity contribution >= 4 is 11.6 Å². The van der Waals surface area contributed by atoms with Gasteiger partial charge in [0.2, 0.25) is 5.91 Å². The minimum Gasteiger partial charge on any atom is -0.496 e. The molecule has 3 aromatic rings. The standard InChI is InChI=1S/C21H24N6O2/c1-29-19-5-3-2-4-15(19)12-13-22-20(28)14-23-17-8-6-16(7-9-17)21-24-25-26-27(21)18-10-11-18/h2-9,18,23H,10-14H2,1H3,(H,22,28). The zero-order valence-corrected chi connectivity index (χ0v) is 16.3. The average Bonchev–Trinajstić information content (AvgIpc) is 3.49. The van der Waals surface area contributed by atoms with Crippen molar-refractivity contribution in [2.75, 3.05) is 25.5 Å². The summed E-state index contributed by atoms with van der Waals surface area (Å²) >= 11 is 0. The Balaban J connectivity index is 1.24. The van der Waals surface area contributed by atoms with Gasteiger partial charge in [0.1, 0.15) is 5.75 Å². The van der Waals surface area contributed by atoms with E-state index < -0.39 is 0 Å². The van der Waals surface area contributed by atoms with Crippen molar-refractivity contribution < 1.29 is 9.53 Å². The Morgan fingerprint density at radius 2 is 1.97 bits per heavy atom. The van der Waals surface area contributed by atoms with Gasteiger partial charge in [0, 0.05) is 17.8 Å². The van der Waals surface area contributed by atoms with Crippen molar-refractivity contribution in [2.45, 2.75) is 25.3 Å². The van der Waals surface area contributed by atoms with Gasteiger partial charge in [-0.05, 0) is 65.6 Å². The molecule has 4 rings (SSSR count). The van der Waals surface area contributed by atoms with Crippen LogP contribution in [0.1, 0.15) is 24.4 Å². The van der Waals surface area contributed by atoms with Gasteiger partial charge in [-0.15, -0.1) is 5.10 Å². The lowest BCUT2D eigenvalue weighted by Gasteiger charge is -2.10. The number of nitrogens with one attached hydrogen (secondary N) is 2. The van der Waals surface area contributed by atoms with Gasteiger partial charge in [-0.25, -0.2) is 4.68 Å². The highest BCUT2D eigenvalue weighted by molar-refractivity contribution is 5.80. The molecule has 0 aliphatic heterocycles.